The van der Waals surface area contributed by atoms with Gasteiger partial charge in [-0.1, -0.05) is 6.42 Å². The predicted molar refractivity (Wildman–Crippen MR) is 75.2 cm³/mol. The lowest BCUT2D eigenvalue weighted by Crippen LogP contribution is -2.25. The third kappa shape index (κ3) is 3.94. The minimum absolute atomic E-state index is 0.713. The van der Waals surface area contributed by atoms with Gasteiger partial charge in [-0.2, -0.15) is 0 Å². The summed E-state index contributed by atoms with van der Waals surface area (Å²) in [6, 6.07) is 2.10. The van der Waals surface area contributed by atoms with Crippen LogP contribution in [0.5, 0.6) is 0 Å². The zero-order chi connectivity index (χ0) is 12.1. The number of halogens is 2. The van der Waals surface area contributed by atoms with Crippen LogP contribution in [0.25, 0.3) is 0 Å². The predicted octanol–water partition coefficient (Wildman–Crippen LogP) is 3.59. The summed E-state index contributed by atoms with van der Waals surface area (Å²) in [7, 11) is 0. The topological polar surface area (TPSA) is 24.9 Å². The van der Waals surface area contributed by atoms with E-state index in [1.54, 1.807) is 0 Å². The maximum Gasteiger partial charge on any atom is 0.0410 e. The van der Waals surface area contributed by atoms with Crippen LogP contribution in [0, 0.1) is 11.8 Å². The molecule has 17 heavy (non-hydrogen) atoms. The van der Waals surface area contributed by atoms with Gasteiger partial charge >= 0.3 is 0 Å². The highest BCUT2D eigenvalue weighted by molar-refractivity contribution is 9.10. The number of alkyl halides is 1. The maximum absolute atomic E-state index is 5.98. The second-order valence-electron chi connectivity index (χ2n) is 4.75. The van der Waals surface area contributed by atoms with E-state index in [-0.39, 0.29) is 0 Å². The number of pyridine rings is 1. The summed E-state index contributed by atoms with van der Waals surface area (Å²) in [6.45, 7) is 1.96. The standard InChI is InChI=1S/C13H18BrClN2/c14-13-4-10(7-17-9-13)6-16-8-12-3-1-2-11(12)5-15/h4,7,9,11-12,16H,1-3,5-6,8H2. The van der Waals surface area contributed by atoms with Gasteiger partial charge in [0.25, 0.3) is 0 Å². The average Bonchev–Trinajstić information content (AvgIpc) is 2.77. The summed E-state index contributed by atoms with van der Waals surface area (Å²) in [5.74, 6) is 2.28. The molecule has 1 aromatic heterocycles. The van der Waals surface area contributed by atoms with E-state index in [0.717, 1.165) is 29.4 Å². The largest absolute Gasteiger partial charge is 0.312 e. The summed E-state index contributed by atoms with van der Waals surface area (Å²) in [6.07, 6.45) is 7.67. The summed E-state index contributed by atoms with van der Waals surface area (Å²) in [4.78, 5) is 4.16. The molecule has 2 unspecified atom stereocenters. The van der Waals surface area contributed by atoms with Gasteiger partial charge in [0.15, 0.2) is 0 Å². The average molecular weight is 318 g/mol. The van der Waals surface area contributed by atoms with Gasteiger partial charge < -0.3 is 5.32 Å². The van der Waals surface area contributed by atoms with Crippen LogP contribution >= 0.6 is 27.5 Å². The van der Waals surface area contributed by atoms with Crippen molar-refractivity contribution in [1.29, 1.82) is 0 Å². The normalized spacial score (nSPS) is 24.1. The van der Waals surface area contributed by atoms with Crippen LogP contribution in [0.3, 0.4) is 0 Å². The Balaban J connectivity index is 1.76. The molecule has 1 fully saturated rings. The number of rotatable bonds is 5. The van der Waals surface area contributed by atoms with Crippen LogP contribution < -0.4 is 5.32 Å². The van der Waals surface area contributed by atoms with Gasteiger partial charge in [-0.15, -0.1) is 11.6 Å². The summed E-state index contributed by atoms with van der Waals surface area (Å²) >= 11 is 9.41. The third-order valence-electron chi connectivity index (χ3n) is 3.51. The molecule has 0 radical (unpaired) electrons. The van der Waals surface area contributed by atoms with Gasteiger partial charge in [0, 0.05) is 29.3 Å². The van der Waals surface area contributed by atoms with E-state index in [2.05, 4.69) is 32.3 Å². The van der Waals surface area contributed by atoms with Gasteiger partial charge in [-0.05, 0) is 58.8 Å². The van der Waals surface area contributed by atoms with E-state index in [4.69, 9.17) is 11.6 Å². The van der Waals surface area contributed by atoms with Crippen molar-refractivity contribution in [2.24, 2.45) is 11.8 Å². The monoisotopic (exact) mass is 316 g/mol. The first-order valence-electron chi connectivity index (χ1n) is 6.15. The number of nitrogens with zero attached hydrogens (tertiary/aromatic N) is 1. The molecule has 0 aliphatic heterocycles. The van der Waals surface area contributed by atoms with Crippen LogP contribution in [-0.2, 0) is 6.54 Å². The Kier molecular flexibility index (Phi) is 5.26. The van der Waals surface area contributed by atoms with Crippen molar-refractivity contribution < 1.29 is 0 Å². The van der Waals surface area contributed by atoms with E-state index in [1.165, 1.54) is 24.8 Å². The minimum atomic E-state index is 0.713. The fourth-order valence-corrected chi connectivity index (χ4v) is 3.36. The van der Waals surface area contributed by atoms with Crippen LogP contribution in [0.4, 0.5) is 0 Å². The van der Waals surface area contributed by atoms with Gasteiger partial charge in [0.05, 0.1) is 0 Å². The Hall–Kier alpha value is -0.120. The Morgan fingerprint density at radius 3 is 2.94 bits per heavy atom. The fraction of sp³-hybridized carbons (Fsp3) is 0.615. The van der Waals surface area contributed by atoms with Gasteiger partial charge in [0.2, 0.25) is 0 Å². The zero-order valence-corrected chi connectivity index (χ0v) is 12.2. The Morgan fingerprint density at radius 2 is 2.18 bits per heavy atom. The highest BCUT2D eigenvalue weighted by atomic mass is 79.9. The van der Waals surface area contributed by atoms with E-state index in [1.807, 2.05) is 12.4 Å². The lowest BCUT2D eigenvalue weighted by molar-refractivity contribution is 0.395. The lowest BCUT2D eigenvalue weighted by Gasteiger charge is -2.17. The number of hydrogen-bond acceptors (Lipinski definition) is 2. The molecule has 0 spiro atoms. The molecule has 1 heterocycles. The smallest absolute Gasteiger partial charge is 0.0410 e. The summed E-state index contributed by atoms with van der Waals surface area (Å²) < 4.78 is 1.04. The molecular formula is C13H18BrClN2. The molecule has 1 aromatic rings. The Morgan fingerprint density at radius 1 is 1.35 bits per heavy atom. The second-order valence-corrected chi connectivity index (χ2v) is 5.97. The summed E-state index contributed by atoms with van der Waals surface area (Å²) in [5.41, 5.74) is 1.22. The highest BCUT2D eigenvalue weighted by Gasteiger charge is 2.25. The van der Waals surface area contributed by atoms with E-state index in [9.17, 15) is 0 Å². The van der Waals surface area contributed by atoms with Crippen molar-refractivity contribution in [2.75, 3.05) is 12.4 Å². The van der Waals surface area contributed by atoms with E-state index >= 15 is 0 Å². The minimum Gasteiger partial charge on any atom is -0.312 e. The molecule has 2 atom stereocenters. The maximum atomic E-state index is 5.98. The number of hydrogen-bond donors (Lipinski definition) is 1. The van der Waals surface area contributed by atoms with Crippen molar-refractivity contribution in [3.05, 3.63) is 28.5 Å². The van der Waals surface area contributed by atoms with Crippen molar-refractivity contribution in [3.8, 4) is 0 Å². The first kappa shape index (κ1) is 13.3. The van der Waals surface area contributed by atoms with Crippen molar-refractivity contribution in [3.63, 3.8) is 0 Å². The van der Waals surface area contributed by atoms with E-state index < -0.39 is 0 Å². The van der Waals surface area contributed by atoms with Crippen LogP contribution in [0.15, 0.2) is 22.9 Å². The molecule has 1 aliphatic carbocycles. The fourth-order valence-electron chi connectivity index (χ4n) is 2.54. The second kappa shape index (κ2) is 6.72. The van der Waals surface area contributed by atoms with Crippen molar-refractivity contribution in [1.82, 2.24) is 10.3 Å². The molecule has 2 nitrogen and oxygen atoms in total. The third-order valence-corrected chi connectivity index (χ3v) is 4.34. The molecule has 1 aliphatic rings. The molecule has 0 amide bonds. The quantitative estimate of drug-likeness (QED) is 0.840. The highest BCUT2D eigenvalue weighted by Crippen LogP contribution is 2.31. The van der Waals surface area contributed by atoms with Gasteiger partial charge in [-0.25, -0.2) is 0 Å². The van der Waals surface area contributed by atoms with Crippen molar-refractivity contribution >= 4 is 27.5 Å². The molecule has 0 aromatic carbocycles. The van der Waals surface area contributed by atoms with Crippen LogP contribution in [0.1, 0.15) is 24.8 Å². The molecule has 0 bridgehead atoms. The molecule has 2 rings (SSSR count). The molecule has 1 N–H and O–H groups in total. The molecule has 94 valence electrons. The molecule has 0 saturated heterocycles. The first-order valence-corrected chi connectivity index (χ1v) is 7.48. The Bertz CT molecular complexity index is 359. The first-order chi connectivity index (χ1) is 8.29. The molecule has 4 heteroatoms. The Labute approximate surface area is 116 Å². The van der Waals surface area contributed by atoms with Gasteiger partial charge in [0.1, 0.15) is 0 Å². The SMILES string of the molecule is ClCC1CCCC1CNCc1cncc(Br)c1. The molecule has 1 saturated carbocycles. The van der Waals surface area contributed by atoms with Crippen LogP contribution in [0.2, 0.25) is 0 Å². The molecular weight excluding hydrogens is 300 g/mol. The van der Waals surface area contributed by atoms with Crippen LogP contribution in [-0.4, -0.2) is 17.4 Å². The lowest BCUT2D eigenvalue weighted by atomic mass is 9.98. The van der Waals surface area contributed by atoms with Crippen molar-refractivity contribution in [2.45, 2.75) is 25.8 Å². The summed E-state index contributed by atoms with van der Waals surface area (Å²) in [5, 5.41) is 3.52. The number of nitrogens with one attached hydrogen (secondary N) is 1. The zero-order valence-electron chi connectivity index (χ0n) is 9.83. The van der Waals surface area contributed by atoms with Gasteiger partial charge in [-0.3, -0.25) is 4.98 Å². The van der Waals surface area contributed by atoms with E-state index in [0.29, 0.717) is 5.92 Å². The number of aromatic nitrogens is 1.